The Labute approximate surface area is 94.7 Å². The topological polar surface area (TPSA) is 69.1 Å². The van der Waals surface area contributed by atoms with Crippen LogP contribution in [0.3, 0.4) is 0 Å². The summed E-state index contributed by atoms with van der Waals surface area (Å²) < 4.78 is 1.97. The fraction of sp³-hybridized carbons (Fsp3) is 0.545. The van der Waals surface area contributed by atoms with Gasteiger partial charge in [0.1, 0.15) is 5.82 Å². The first-order valence-corrected chi connectivity index (χ1v) is 5.45. The minimum absolute atomic E-state index is 0.0492. The van der Waals surface area contributed by atoms with Crippen molar-refractivity contribution in [1.82, 2.24) is 19.6 Å². The molecule has 2 N–H and O–H groups in total. The highest BCUT2D eigenvalue weighted by molar-refractivity contribution is 5.33. The lowest BCUT2D eigenvalue weighted by Gasteiger charge is -2.14. The third-order valence-corrected chi connectivity index (χ3v) is 2.91. The normalized spacial score (nSPS) is 15.3. The van der Waals surface area contributed by atoms with Crippen LogP contribution in [0.4, 0.5) is 0 Å². The van der Waals surface area contributed by atoms with Crippen molar-refractivity contribution in [3.05, 3.63) is 23.3 Å². The molecule has 5 nitrogen and oxygen atoms in total. The number of aromatic nitrogens is 4. The van der Waals surface area contributed by atoms with Crippen molar-refractivity contribution in [3.8, 4) is 0 Å². The van der Waals surface area contributed by atoms with Gasteiger partial charge in [-0.25, -0.2) is 4.98 Å². The van der Waals surface area contributed by atoms with Gasteiger partial charge in [0.05, 0.1) is 0 Å². The standard InChI is InChI=1S/C11H17N5/c1-6-5-7(2)16-10(8(3)9(4)12)14-15-11(16)13-6/h5,8-9H,12H2,1-4H3. The summed E-state index contributed by atoms with van der Waals surface area (Å²) in [4.78, 5) is 4.35. The predicted molar refractivity (Wildman–Crippen MR) is 62.3 cm³/mol. The fourth-order valence-electron chi connectivity index (χ4n) is 1.79. The molecule has 0 bridgehead atoms. The minimum Gasteiger partial charge on any atom is -0.327 e. The average molecular weight is 219 g/mol. The summed E-state index contributed by atoms with van der Waals surface area (Å²) in [5.74, 6) is 1.70. The molecule has 2 rings (SSSR count). The van der Waals surface area contributed by atoms with E-state index in [9.17, 15) is 0 Å². The Morgan fingerprint density at radius 2 is 1.94 bits per heavy atom. The maximum atomic E-state index is 5.90. The van der Waals surface area contributed by atoms with Crippen LogP contribution in [0.15, 0.2) is 6.07 Å². The molecule has 2 heterocycles. The van der Waals surface area contributed by atoms with E-state index in [2.05, 4.69) is 22.1 Å². The smallest absolute Gasteiger partial charge is 0.255 e. The van der Waals surface area contributed by atoms with Gasteiger partial charge in [-0.05, 0) is 26.8 Å². The summed E-state index contributed by atoms with van der Waals surface area (Å²) >= 11 is 0. The maximum absolute atomic E-state index is 5.90. The first kappa shape index (κ1) is 11.0. The molecule has 2 atom stereocenters. The van der Waals surface area contributed by atoms with Crippen LogP contribution < -0.4 is 5.73 Å². The third-order valence-electron chi connectivity index (χ3n) is 2.91. The first-order valence-electron chi connectivity index (χ1n) is 5.45. The largest absolute Gasteiger partial charge is 0.327 e. The second-order valence-electron chi connectivity index (χ2n) is 4.38. The van der Waals surface area contributed by atoms with Crippen LogP contribution in [0.5, 0.6) is 0 Å². The number of hydrogen-bond acceptors (Lipinski definition) is 4. The highest BCUT2D eigenvalue weighted by Crippen LogP contribution is 2.18. The van der Waals surface area contributed by atoms with Crippen LogP contribution >= 0.6 is 0 Å². The number of hydrogen-bond donors (Lipinski definition) is 1. The monoisotopic (exact) mass is 219 g/mol. The zero-order valence-electron chi connectivity index (χ0n) is 10.1. The molecule has 2 aromatic heterocycles. The lowest BCUT2D eigenvalue weighted by Crippen LogP contribution is -2.24. The van der Waals surface area contributed by atoms with E-state index in [1.807, 2.05) is 31.2 Å². The number of nitrogens with two attached hydrogens (primary N) is 1. The Hall–Kier alpha value is -1.49. The lowest BCUT2D eigenvalue weighted by atomic mass is 10.0. The van der Waals surface area contributed by atoms with E-state index in [0.29, 0.717) is 5.78 Å². The highest BCUT2D eigenvalue weighted by atomic mass is 15.3. The van der Waals surface area contributed by atoms with Crippen LogP contribution in [0.1, 0.15) is 37.0 Å². The van der Waals surface area contributed by atoms with Gasteiger partial charge in [0.15, 0.2) is 0 Å². The van der Waals surface area contributed by atoms with Gasteiger partial charge in [-0.15, -0.1) is 10.2 Å². The van der Waals surface area contributed by atoms with Crippen molar-refractivity contribution >= 4 is 5.78 Å². The molecule has 2 aromatic rings. The molecule has 0 aliphatic rings. The van der Waals surface area contributed by atoms with Gasteiger partial charge in [-0.3, -0.25) is 4.40 Å². The molecular weight excluding hydrogens is 202 g/mol. The number of nitrogens with zero attached hydrogens (tertiary/aromatic N) is 4. The Kier molecular flexibility index (Phi) is 2.63. The lowest BCUT2D eigenvalue weighted by molar-refractivity contribution is 0.573. The molecule has 0 saturated heterocycles. The molecule has 0 radical (unpaired) electrons. The van der Waals surface area contributed by atoms with Crippen LogP contribution in [0.2, 0.25) is 0 Å². The van der Waals surface area contributed by atoms with E-state index in [4.69, 9.17) is 5.73 Å². The first-order chi connectivity index (χ1) is 7.50. The molecule has 0 aromatic carbocycles. The summed E-state index contributed by atoms with van der Waals surface area (Å²) in [7, 11) is 0. The number of rotatable bonds is 2. The van der Waals surface area contributed by atoms with E-state index in [1.54, 1.807) is 0 Å². The van der Waals surface area contributed by atoms with Crippen molar-refractivity contribution in [1.29, 1.82) is 0 Å². The second-order valence-corrected chi connectivity index (χ2v) is 4.38. The number of aryl methyl sites for hydroxylation is 2. The third kappa shape index (κ3) is 1.67. The van der Waals surface area contributed by atoms with Crippen molar-refractivity contribution in [3.63, 3.8) is 0 Å². The minimum atomic E-state index is 0.0492. The quantitative estimate of drug-likeness (QED) is 0.823. The van der Waals surface area contributed by atoms with Crippen LogP contribution in [0.25, 0.3) is 5.78 Å². The average Bonchev–Trinajstić information content (AvgIpc) is 2.59. The molecule has 0 amide bonds. The summed E-state index contributed by atoms with van der Waals surface area (Å²) in [6, 6.07) is 2.07. The van der Waals surface area contributed by atoms with E-state index >= 15 is 0 Å². The van der Waals surface area contributed by atoms with Crippen LogP contribution in [-0.2, 0) is 0 Å². The summed E-state index contributed by atoms with van der Waals surface area (Å²) in [6.45, 7) is 8.02. The molecule has 0 aliphatic heterocycles. The molecule has 0 spiro atoms. The Morgan fingerprint density at radius 3 is 2.56 bits per heavy atom. The van der Waals surface area contributed by atoms with Gasteiger partial charge in [0.25, 0.3) is 5.78 Å². The summed E-state index contributed by atoms with van der Waals surface area (Å²) in [5.41, 5.74) is 7.95. The molecular formula is C11H17N5. The van der Waals surface area contributed by atoms with E-state index in [1.165, 1.54) is 0 Å². The van der Waals surface area contributed by atoms with Gasteiger partial charge < -0.3 is 5.73 Å². The van der Waals surface area contributed by atoms with Gasteiger partial charge >= 0.3 is 0 Å². The molecule has 86 valence electrons. The second kappa shape index (κ2) is 3.83. The molecule has 16 heavy (non-hydrogen) atoms. The highest BCUT2D eigenvalue weighted by Gasteiger charge is 2.18. The fourth-order valence-corrected chi connectivity index (χ4v) is 1.79. The van der Waals surface area contributed by atoms with Crippen molar-refractivity contribution in [2.24, 2.45) is 5.73 Å². The zero-order chi connectivity index (χ0) is 11.9. The van der Waals surface area contributed by atoms with E-state index < -0.39 is 0 Å². The molecule has 0 saturated carbocycles. The van der Waals surface area contributed by atoms with Gasteiger partial charge in [-0.2, -0.15) is 0 Å². The summed E-state index contributed by atoms with van der Waals surface area (Å²) in [6.07, 6.45) is 0. The van der Waals surface area contributed by atoms with Gasteiger partial charge in [0.2, 0.25) is 0 Å². The van der Waals surface area contributed by atoms with Gasteiger partial charge in [-0.1, -0.05) is 6.92 Å². The van der Waals surface area contributed by atoms with E-state index in [0.717, 1.165) is 17.2 Å². The molecule has 5 heteroatoms. The van der Waals surface area contributed by atoms with Crippen molar-refractivity contribution in [2.45, 2.75) is 39.7 Å². The van der Waals surface area contributed by atoms with Crippen LogP contribution in [0, 0.1) is 13.8 Å². The SMILES string of the molecule is Cc1cc(C)n2c(C(C)C(C)N)nnc2n1. The zero-order valence-corrected chi connectivity index (χ0v) is 10.1. The summed E-state index contributed by atoms with van der Waals surface area (Å²) in [5, 5.41) is 8.28. The Morgan fingerprint density at radius 1 is 1.25 bits per heavy atom. The molecule has 0 fully saturated rings. The van der Waals surface area contributed by atoms with E-state index in [-0.39, 0.29) is 12.0 Å². The number of fused-ring (bicyclic) bond motifs is 1. The van der Waals surface area contributed by atoms with Crippen LogP contribution in [-0.4, -0.2) is 25.6 Å². The van der Waals surface area contributed by atoms with Crippen molar-refractivity contribution in [2.75, 3.05) is 0 Å². The molecule has 0 aliphatic carbocycles. The predicted octanol–water partition coefficient (Wildman–Crippen LogP) is 1.19. The van der Waals surface area contributed by atoms with Crippen molar-refractivity contribution < 1.29 is 0 Å². The maximum Gasteiger partial charge on any atom is 0.255 e. The van der Waals surface area contributed by atoms with Gasteiger partial charge in [0, 0.05) is 23.3 Å². The molecule has 2 unspecified atom stereocenters. The Balaban J connectivity index is 2.65. The Bertz CT molecular complexity index is 514.